The number of ether oxygens (including phenoxy) is 3. The van der Waals surface area contributed by atoms with Gasteiger partial charge in [0.05, 0.1) is 32.5 Å². The maximum absolute atomic E-state index is 12.4. The Labute approximate surface area is 117 Å². The fourth-order valence-corrected chi connectivity index (χ4v) is 2.04. The van der Waals surface area contributed by atoms with Crippen molar-refractivity contribution in [3.8, 4) is 11.5 Å². The standard InChI is InChI=1S/C14H19NO5/c1-18-13-10-11(20-9-6-16)2-3-12(13)14(17)15-4-7-19-8-5-15/h2-3,10,16H,4-9H2,1H3. The summed E-state index contributed by atoms with van der Waals surface area (Å²) in [5.41, 5.74) is 0.505. The molecule has 0 spiro atoms. The number of morpholine rings is 1. The minimum absolute atomic E-state index is 0.0588. The molecule has 1 N–H and O–H groups in total. The zero-order chi connectivity index (χ0) is 14.4. The van der Waals surface area contributed by atoms with Crippen LogP contribution in [0.4, 0.5) is 0 Å². The number of carbonyl (C=O) groups is 1. The monoisotopic (exact) mass is 281 g/mol. The maximum atomic E-state index is 12.4. The molecule has 0 radical (unpaired) electrons. The first-order chi connectivity index (χ1) is 9.76. The quantitative estimate of drug-likeness (QED) is 0.853. The van der Waals surface area contributed by atoms with Gasteiger partial charge in [-0.15, -0.1) is 0 Å². The van der Waals surface area contributed by atoms with Crippen molar-refractivity contribution in [3.63, 3.8) is 0 Å². The Bertz CT molecular complexity index is 457. The molecule has 6 heteroatoms. The molecule has 2 rings (SSSR count). The van der Waals surface area contributed by atoms with E-state index < -0.39 is 0 Å². The van der Waals surface area contributed by atoms with Crippen molar-refractivity contribution in [2.24, 2.45) is 0 Å². The van der Waals surface area contributed by atoms with E-state index in [1.807, 2.05) is 0 Å². The zero-order valence-corrected chi connectivity index (χ0v) is 11.5. The Morgan fingerprint density at radius 3 is 2.80 bits per heavy atom. The lowest BCUT2D eigenvalue weighted by molar-refractivity contribution is 0.0301. The van der Waals surface area contributed by atoms with Gasteiger partial charge in [0, 0.05) is 19.2 Å². The van der Waals surface area contributed by atoms with Crippen LogP contribution in [0.1, 0.15) is 10.4 Å². The minimum Gasteiger partial charge on any atom is -0.496 e. The number of rotatable bonds is 5. The van der Waals surface area contributed by atoms with Crippen molar-refractivity contribution in [3.05, 3.63) is 23.8 Å². The van der Waals surface area contributed by atoms with Crippen LogP contribution in [0.2, 0.25) is 0 Å². The van der Waals surface area contributed by atoms with Crippen LogP contribution in [-0.2, 0) is 4.74 Å². The van der Waals surface area contributed by atoms with Gasteiger partial charge in [0.15, 0.2) is 0 Å². The topological polar surface area (TPSA) is 68.2 Å². The molecule has 0 aromatic heterocycles. The van der Waals surface area contributed by atoms with Gasteiger partial charge < -0.3 is 24.2 Å². The molecule has 1 saturated heterocycles. The number of hydrogen-bond acceptors (Lipinski definition) is 5. The van der Waals surface area contributed by atoms with Crippen molar-refractivity contribution in [2.45, 2.75) is 0 Å². The number of benzene rings is 1. The number of hydrogen-bond donors (Lipinski definition) is 1. The molecular weight excluding hydrogens is 262 g/mol. The van der Waals surface area contributed by atoms with Crippen LogP contribution in [0.25, 0.3) is 0 Å². The number of carbonyl (C=O) groups excluding carboxylic acids is 1. The first kappa shape index (κ1) is 14.6. The molecule has 1 aromatic rings. The van der Waals surface area contributed by atoms with Gasteiger partial charge >= 0.3 is 0 Å². The fraction of sp³-hybridized carbons (Fsp3) is 0.500. The second kappa shape index (κ2) is 7.12. The molecule has 0 saturated carbocycles. The normalized spacial score (nSPS) is 15.0. The van der Waals surface area contributed by atoms with Gasteiger partial charge in [-0.1, -0.05) is 0 Å². The highest BCUT2D eigenvalue weighted by molar-refractivity contribution is 5.97. The van der Waals surface area contributed by atoms with Crippen LogP contribution in [-0.4, -0.2) is 62.5 Å². The molecule has 1 aliphatic heterocycles. The van der Waals surface area contributed by atoms with E-state index in [1.54, 1.807) is 23.1 Å². The van der Waals surface area contributed by atoms with E-state index in [2.05, 4.69) is 0 Å². The van der Waals surface area contributed by atoms with E-state index in [0.717, 1.165) is 0 Å². The Morgan fingerprint density at radius 2 is 2.15 bits per heavy atom. The fourth-order valence-electron chi connectivity index (χ4n) is 2.04. The molecule has 1 heterocycles. The first-order valence-electron chi connectivity index (χ1n) is 6.55. The second-order valence-corrected chi connectivity index (χ2v) is 4.34. The van der Waals surface area contributed by atoms with Crippen LogP contribution in [0.3, 0.4) is 0 Å². The number of aliphatic hydroxyl groups is 1. The third kappa shape index (κ3) is 3.40. The molecule has 1 fully saturated rings. The summed E-state index contributed by atoms with van der Waals surface area (Å²) in [6.07, 6.45) is 0. The molecule has 1 amide bonds. The molecule has 0 bridgehead atoms. The van der Waals surface area contributed by atoms with E-state index in [9.17, 15) is 4.79 Å². The molecule has 1 aromatic carbocycles. The number of nitrogens with zero attached hydrogens (tertiary/aromatic N) is 1. The molecule has 6 nitrogen and oxygen atoms in total. The van der Waals surface area contributed by atoms with Gasteiger partial charge in [0.2, 0.25) is 0 Å². The van der Waals surface area contributed by atoms with Crippen LogP contribution in [0.15, 0.2) is 18.2 Å². The minimum atomic E-state index is -0.0705. The van der Waals surface area contributed by atoms with Gasteiger partial charge in [-0.25, -0.2) is 0 Å². The van der Waals surface area contributed by atoms with Gasteiger partial charge in [0.25, 0.3) is 5.91 Å². The lowest BCUT2D eigenvalue weighted by Gasteiger charge is -2.27. The summed E-state index contributed by atoms with van der Waals surface area (Å²) in [6, 6.07) is 5.04. The molecule has 1 aliphatic rings. The maximum Gasteiger partial charge on any atom is 0.257 e. The summed E-state index contributed by atoms with van der Waals surface area (Å²) in [6.45, 7) is 2.45. The number of aliphatic hydroxyl groups excluding tert-OH is 1. The highest BCUT2D eigenvalue weighted by Crippen LogP contribution is 2.26. The summed E-state index contributed by atoms with van der Waals surface area (Å²) < 4.78 is 15.8. The van der Waals surface area contributed by atoms with Crippen molar-refractivity contribution in [2.75, 3.05) is 46.6 Å². The van der Waals surface area contributed by atoms with E-state index in [4.69, 9.17) is 19.3 Å². The average Bonchev–Trinajstić information content (AvgIpc) is 2.52. The smallest absolute Gasteiger partial charge is 0.257 e. The Morgan fingerprint density at radius 1 is 1.40 bits per heavy atom. The SMILES string of the molecule is COc1cc(OCCO)ccc1C(=O)N1CCOCC1. The summed E-state index contributed by atoms with van der Waals surface area (Å²) >= 11 is 0. The summed E-state index contributed by atoms with van der Waals surface area (Å²) in [7, 11) is 1.52. The number of amides is 1. The third-order valence-corrected chi connectivity index (χ3v) is 3.06. The Balaban J connectivity index is 2.15. The first-order valence-corrected chi connectivity index (χ1v) is 6.55. The predicted octanol–water partition coefficient (Wildman–Crippen LogP) is 0.539. The largest absolute Gasteiger partial charge is 0.496 e. The lowest BCUT2D eigenvalue weighted by Crippen LogP contribution is -2.40. The van der Waals surface area contributed by atoms with Gasteiger partial charge in [0.1, 0.15) is 18.1 Å². The van der Waals surface area contributed by atoms with Gasteiger partial charge in [-0.2, -0.15) is 0 Å². The highest BCUT2D eigenvalue weighted by Gasteiger charge is 2.21. The van der Waals surface area contributed by atoms with Crippen molar-refractivity contribution in [1.82, 2.24) is 4.90 Å². The van der Waals surface area contributed by atoms with E-state index in [0.29, 0.717) is 43.4 Å². The summed E-state index contributed by atoms with van der Waals surface area (Å²) in [5.74, 6) is 0.963. The van der Waals surface area contributed by atoms with E-state index in [-0.39, 0.29) is 19.1 Å². The van der Waals surface area contributed by atoms with E-state index in [1.165, 1.54) is 7.11 Å². The van der Waals surface area contributed by atoms with Crippen molar-refractivity contribution in [1.29, 1.82) is 0 Å². The molecule has 0 unspecified atom stereocenters. The van der Waals surface area contributed by atoms with Crippen molar-refractivity contribution < 1.29 is 24.1 Å². The molecule has 0 atom stereocenters. The van der Waals surface area contributed by atoms with Crippen LogP contribution in [0, 0.1) is 0 Å². The third-order valence-electron chi connectivity index (χ3n) is 3.06. The van der Waals surface area contributed by atoms with Crippen molar-refractivity contribution >= 4 is 5.91 Å². The zero-order valence-electron chi connectivity index (χ0n) is 11.5. The Kier molecular flexibility index (Phi) is 5.20. The predicted molar refractivity (Wildman–Crippen MR) is 72.3 cm³/mol. The summed E-state index contributed by atoms with van der Waals surface area (Å²) in [5, 5.41) is 8.74. The van der Waals surface area contributed by atoms with Crippen LogP contribution < -0.4 is 9.47 Å². The summed E-state index contributed by atoms with van der Waals surface area (Å²) in [4.78, 5) is 14.2. The second-order valence-electron chi connectivity index (χ2n) is 4.34. The molecule has 20 heavy (non-hydrogen) atoms. The highest BCUT2D eigenvalue weighted by atomic mass is 16.5. The molecule has 110 valence electrons. The van der Waals surface area contributed by atoms with E-state index >= 15 is 0 Å². The lowest BCUT2D eigenvalue weighted by atomic mass is 10.1. The molecular formula is C14H19NO5. The van der Waals surface area contributed by atoms with Crippen LogP contribution in [0.5, 0.6) is 11.5 Å². The van der Waals surface area contributed by atoms with Crippen LogP contribution >= 0.6 is 0 Å². The number of methoxy groups -OCH3 is 1. The van der Waals surface area contributed by atoms with Gasteiger partial charge in [-0.05, 0) is 12.1 Å². The molecule has 0 aliphatic carbocycles. The van der Waals surface area contributed by atoms with Gasteiger partial charge in [-0.3, -0.25) is 4.79 Å². The Hall–Kier alpha value is -1.79. The average molecular weight is 281 g/mol.